The van der Waals surface area contributed by atoms with Gasteiger partial charge in [-0.1, -0.05) is 19.8 Å². The summed E-state index contributed by atoms with van der Waals surface area (Å²) >= 11 is 0. The number of pyridine rings is 1. The van der Waals surface area contributed by atoms with Crippen LogP contribution in [0.1, 0.15) is 51.5 Å². The van der Waals surface area contributed by atoms with Gasteiger partial charge in [-0.2, -0.15) is 0 Å². The standard InChI is InChI=1S/C19H25FN2O/c1-3-13(2)22(17-6-4-5-7-17)12-15-10-14-8-9-16(20)11-18(14)21-19(15)23/h8-11,13,17H,3-7,12H2,1-2H3,(H,21,23)/t13-/m0/s1. The Morgan fingerprint density at radius 1 is 1.30 bits per heavy atom. The van der Waals surface area contributed by atoms with E-state index in [-0.39, 0.29) is 11.4 Å². The minimum Gasteiger partial charge on any atom is -0.322 e. The van der Waals surface area contributed by atoms with Gasteiger partial charge in [0.25, 0.3) is 5.56 Å². The lowest BCUT2D eigenvalue weighted by molar-refractivity contribution is 0.132. The molecular weight excluding hydrogens is 291 g/mol. The fraction of sp³-hybridized carbons (Fsp3) is 0.526. The van der Waals surface area contributed by atoms with Crippen LogP contribution in [-0.2, 0) is 6.54 Å². The van der Waals surface area contributed by atoms with Crippen molar-refractivity contribution >= 4 is 10.9 Å². The Bertz CT molecular complexity index is 734. The minimum atomic E-state index is -0.326. The van der Waals surface area contributed by atoms with Crippen molar-refractivity contribution in [2.45, 2.75) is 64.6 Å². The summed E-state index contributed by atoms with van der Waals surface area (Å²) < 4.78 is 13.3. The van der Waals surface area contributed by atoms with Crippen LogP contribution in [0, 0.1) is 5.82 Å². The number of aromatic nitrogens is 1. The van der Waals surface area contributed by atoms with Crippen LogP contribution in [0.2, 0.25) is 0 Å². The largest absolute Gasteiger partial charge is 0.322 e. The average Bonchev–Trinajstić information content (AvgIpc) is 3.06. The Kier molecular flexibility index (Phi) is 4.81. The molecule has 1 aromatic heterocycles. The van der Waals surface area contributed by atoms with E-state index in [1.54, 1.807) is 6.07 Å². The van der Waals surface area contributed by atoms with Crippen LogP contribution >= 0.6 is 0 Å². The Morgan fingerprint density at radius 3 is 2.74 bits per heavy atom. The van der Waals surface area contributed by atoms with E-state index < -0.39 is 0 Å². The Hall–Kier alpha value is -1.68. The molecule has 1 aliphatic rings. The molecule has 0 amide bonds. The molecule has 3 nitrogen and oxygen atoms in total. The SMILES string of the molecule is CC[C@H](C)N(Cc1cc2ccc(F)cc2[nH]c1=O)C1CCCC1. The molecule has 1 N–H and O–H groups in total. The van der Waals surface area contributed by atoms with Crippen molar-refractivity contribution in [2.75, 3.05) is 0 Å². The Balaban J connectivity index is 1.92. The summed E-state index contributed by atoms with van der Waals surface area (Å²) in [6.07, 6.45) is 6.09. The maximum Gasteiger partial charge on any atom is 0.252 e. The third kappa shape index (κ3) is 3.47. The van der Waals surface area contributed by atoms with Crippen LogP contribution in [0.25, 0.3) is 10.9 Å². The molecule has 23 heavy (non-hydrogen) atoms. The summed E-state index contributed by atoms with van der Waals surface area (Å²) in [5.74, 6) is -0.326. The summed E-state index contributed by atoms with van der Waals surface area (Å²) in [4.78, 5) is 17.7. The number of fused-ring (bicyclic) bond motifs is 1. The molecule has 1 fully saturated rings. The third-order valence-electron chi connectivity index (χ3n) is 5.19. The zero-order valence-electron chi connectivity index (χ0n) is 13.9. The quantitative estimate of drug-likeness (QED) is 0.897. The number of H-pyrrole nitrogens is 1. The first kappa shape index (κ1) is 16.2. The van der Waals surface area contributed by atoms with Crippen LogP contribution < -0.4 is 5.56 Å². The van der Waals surface area contributed by atoms with Gasteiger partial charge in [0, 0.05) is 24.2 Å². The monoisotopic (exact) mass is 316 g/mol. The molecule has 0 unspecified atom stereocenters. The van der Waals surface area contributed by atoms with E-state index in [1.165, 1.54) is 37.8 Å². The van der Waals surface area contributed by atoms with Gasteiger partial charge in [-0.3, -0.25) is 9.69 Å². The van der Waals surface area contributed by atoms with Gasteiger partial charge in [-0.15, -0.1) is 0 Å². The summed E-state index contributed by atoms with van der Waals surface area (Å²) in [7, 11) is 0. The van der Waals surface area contributed by atoms with E-state index >= 15 is 0 Å². The number of nitrogens with zero attached hydrogens (tertiary/aromatic N) is 1. The molecule has 0 radical (unpaired) electrons. The zero-order chi connectivity index (χ0) is 16.4. The third-order valence-corrected chi connectivity index (χ3v) is 5.19. The summed E-state index contributed by atoms with van der Waals surface area (Å²) in [5, 5.41) is 0.886. The van der Waals surface area contributed by atoms with Crippen LogP contribution in [-0.4, -0.2) is 22.0 Å². The van der Waals surface area contributed by atoms with Crippen LogP contribution in [0.3, 0.4) is 0 Å². The van der Waals surface area contributed by atoms with Gasteiger partial charge in [0.05, 0.1) is 5.52 Å². The number of halogens is 1. The van der Waals surface area contributed by atoms with E-state index in [1.807, 2.05) is 6.07 Å². The second-order valence-corrected chi connectivity index (χ2v) is 6.72. The fourth-order valence-corrected chi connectivity index (χ4v) is 3.65. The van der Waals surface area contributed by atoms with E-state index in [0.717, 1.165) is 17.4 Å². The number of hydrogen-bond acceptors (Lipinski definition) is 2. The molecule has 3 rings (SSSR count). The van der Waals surface area contributed by atoms with Crippen molar-refractivity contribution in [1.82, 2.24) is 9.88 Å². The summed E-state index contributed by atoms with van der Waals surface area (Å²) in [5.41, 5.74) is 1.24. The molecule has 0 aliphatic heterocycles. The number of benzene rings is 1. The van der Waals surface area contributed by atoms with Crippen molar-refractivity contribution in [3.8, 4) is 0 Å². The topological polar surface area (TPSA) is 36.1 Å². The highest BCUT2D eigenvalue weighted by Gasteiger charge is 2.26. The number of hydrogen-bond donors (Lipinski definition) is 1. The van der Waals surface area contributed by atoms with Crippen LogP contribution in [0.5, 0.6) is 0 Å². The van der Waals surface area contributed by atoms with Gasteiger partial charge in [-0.25, -0.2) is 4.39 Å². The number of aromatic amines is 1. The highest BCUT2D eigenvalue weighted by atomic mass is 19.1. The molecule has 2 aromatic rings. The predicted octanol–water partition coefficient (Wildman–Crippen LogP) is 4.21. The van der Waals surface area contributed by atoms with Gasteiger partial charge in [0.1, 0.15) is 5.82 Å². The highest BCUT2D eigenvalue weighted by Crippen LogP contribution is 2.27. The smallest absolute Gasteiger partial charge is 0.252 e. The van der Waals surface area contributed by atoms with Crippen molar-refractivity contribution in [2.24, 2.45) is 0 Å². The van der Waals surface area contributed by atoms with Crippen molar-refractivity contribution in [3.05, 3.63) is 46.0 Å². The fourth-order valence-electron chi connectivity index (χ4n) is 3.65. The van der Waals surface area contributed by atoms with E-state index in [9.17, 15) is 9.18 Å². The zero-order valence-corrected chi connectivity index (χ0v) is 13.9. The minimum absolute atomic E-state index is 0.102. The molecule has 4 heteroatoms. The maximum absolute atomic E-state index is 13.3. The van der Waals surface area contributed by atoms with E-state index in [2.05, 4.69) is 23.7 Å². The van der Waals surface area contributed by atoms with Crippen LogP contribution in [0.4, 0.5) is 4.39 Å². The first-order chi connectivity index (χ1) is 11.1. The molecule has 1 saturated carbocycles. The second kappa shape index (κ2) is 6.83. The lowest BCUT2D eigenvalue weighted by Gasteiger charge is -2.34. The molecule has 124 valence electrons. The normalized spacial score (nSPS) is 17.2. The molecule has 1 aliphatic carbocycles. The molecule has 0 saturated heterocycles. The molecule has 0 spiro atoms. The van der Waals surface area contributed by atoms with Crippen molar-refractivity contribution < 1.29 is 4.39 Å². The Labute approximate surface area is 136 Å². The average molecular weight is 316 g/mol. The Morgan fingerprint density at radius 2 is 2.04 bits per heavy atom. The molecular formula is C19H25FN2O. The molecule has 1 atom stereocenters. The highest BCUT2D eigenvalue weighted by molar-refractivity contribution is 5.78. The number of rotatable bonds is 5. The first-order valence-corrected chi connectivity index (χ1v) is 8.65. The summed E-state index contributed by atoms with van der Waals surface area (Å²) in [6.45, 7) is 5.10. The van der Waals surface area contributed by atoms with Crippen LogP contribution in [0.15, 0.2) is 29.1 Å². The molecule has 1 heterocycles. The first-order valence-electron chi connectivity index (χ1n) is 8.65. The van der Waals surface area contributed by atoms with E-state index in [4.69, 9.17) is 0 Å². The second-order valence-electron chi connectivity index (χ2n) is 6.72. The van der Waals surface area contributed by atoms with Gasteiger partial charge in [-0.05, 0) is 55.8 Å². The lowest BCUT2D eigenvalue weighted by atomic mass is 10.1. The molecule has 1 aromatic carbocycles. The summed E-state index contributed by atoms with van der Waals surface area (Å²) in [6, 6.07) is 7.50. The van der Waals surface area contributed by atoms with Crippen molar-refractivity contribution in [3.63, 3.8) is 0 Å². The van der Waals surface area contributed by atoms with E-state index in [0.29, 0.717) is 24.1 Å². The van der Waals surface area contributed by atoms with Gasteiger partial charge >= 0.3 is 0 Å². The van der Waals surface area contributed by atoms with Crippen molar-refractivity contribution in [1.29, 1.82) is 0 Å². The predicted molar refractivity (Wildman–Crippen MR) is 92.1 cm³/mol. The maximum atomic E-state index is 13.3. The lowest BCUT2D eigenvalue weighted by Crippen LogP contribution is -2.40. The van der Waals surface area contributed by atoms with Gasteiger partial charge < -0.3 is 4.98 Å². The molecule has 0 bridgehead atoms. The van der Waals surface area contributed by atoms with Gasteiger partial charge in [0.2, 0.25) is 0 Å². The number of nitrogens with one attached hydrogen (secondary N) is 1. The van der Waals surface area contributed by atoms with Gasteiger partial charge in [0.15, 0.2) is 0 Å².